The molecule has 2 nitrogen and oxygen atoms in total. The van der Waals surface area contributed by atoms with Crippen LogP contribution in [0.1, 0.15) is 44.5 Å². The van der Waals surface area contributed by atoms with E-state index in [0.29, 0.717) is 0 Å². The van der Waals surface area contributed by atoms with Crippen LogP contribution in [0.15, 0.2) is 72.8 Å². The van der Waals surface area contributed by atoms with Crippen LogP contribution in [-0.4, -0.2) is 14.2 Å². The standard InChI is InChI=1S/C31H30O2/c1-19-15-27-28-16-20(2)22(4)18-30(28)31(29(27)17-21(19)3,23-7-11-25(32-5)12-8-23)24-9-13-26(33-6)14-10-24/h7-18H,1-6H3. The molecule has 4 aromatic carbocycles. The fraction of sp³-hybridized carbons (Fsp3) is 0.226. The normalized spacial score (nSPS) is 13.4. The summed E-state index contributed by atoms with van der Waals surface area (Å²) in [7, 11) is 3.43. The third-order valence-corrected chi connectivity index (χ3v) is 7.41. The minimum absolute atomic E-state index is 0.417. The summed E-state index contributed by atoms with van der Waals surface area (Å²) in [6.07, 6.45) is 0. The van der Waals surface area contributed by atoms with E-state index in [9.17, 15) is 0 Å². The van der Waals surface area contributed by atoms with Crippen molar-refractivity contribution < 1.29 is 9.47 Å². The van der Waals surface area contributed by atoms with Gasteiger partial charge in [-0.15, -0.1) is 0 Å². The molecule has 0 aromatic heterocycles. The van der Waals surface area contributed by atoms with E-state index < -0.39 is 5.41 Å². The average Bonchev–Trinajstić information content (AvgIpc) is 3.09. The zero-order valence-electron chi connectivity index (χ0n) is 20.2. The maximum Gasteiger partial charge on any atom is 0.118 e. The molecular formula is C31H30O2. The number of fused-ring (bicyclic) bond motifs is 3. The molecule has 0 radical (unpaired) electrons. The van der Waals surface area contributed by atoms with Gasteiger partial charge in [-0.25, -0.2) is 0 Å². The van der Waals surface area contributed by atoms with Gasteiger partial charge in [-0.05, 0) is 108 Å². The first-order valence-electron chi connectivity index (χ1n) is 11.4. The van der Waals surface area contributed by atoms with Crippen molar-refractivity contribution in [3.05, 3.63) is 117 Å². The summed E-state index contributed by atoms with van der Waals surface area (Å²) < 4.78 is 11.0. The van der Waals surface area contributed by atoms with Gasteiger partial charge in [0, 0.05) is 0 Å². The molecule has 4 aromatic rings. The van der Waals surface area contributed by atoms with Gasteiger partial charge in [0.25, 0.3) is 0 Å². The molecule has 1 aliphatic rings. The predicted octanol–water partition coefficient (Wildman–Crippen LogP) is 7.30. The van der Waals surface area contributed by atoms with Crippen LogP contribution < -0.4 is 9.47 Å². The summed E-state index contributed by atoms with van der Waals surface area (Å²) in [4.78, 5) is 0. The van der Waals surface area contributed by atoms with Crippen LogP contribution in [0.25, 0.3) is 11.1 Å². The van der Waals surface area contributed by atoms with Gasteiger partial charge in [-0.1, -0.05) is 48.5 Å². The van der Waals surface area contributed by atoms with Crippen LogP contribution in [-0.2, 0) is 5.41 Å². The van der Waals surface area contributed by atoms with Crippen molar-refractivity contribution in [2.75, 3.05) is 14.2 Å². The zero-order chi connectivity index (χ0) is 23.3. The van der Waals surface area contributed by atoms with Gasteiger partial charge in [-0.2, -0.15) is 0 Å². The Morgan fingerprint density at radius 2 is 0.818 bits per heavy atom. The second-order valence-electron chi connectivity index (χ2n) is 9.17. The molecule has 1 aliphatic carbocycles. The van der Waals surface area contributed by atoms with Crippen molar-refractivity contribution in [1.82, 2.24) is 0 Å². The Hall–Kier alpha value is -3.52. The third kappa shape index (κ3) is 3.08. The molecule has 0 fully saturated rings. The number of methoxy groups -OCH3 is 2. The Balaban J connectivity index is 1.94. The van der Waals surface area contributed by atoms with E-state index >= 15 is 0 Å². The van der Waals surface area contributed by atoms with Gasteiger partial charge in [0.05, 0.1) is 19.6 Å². The lowest BCUT2D eigenvalue weighted by Crippen LogP contribution is -2.29. The molecule has 0 unspecified atom stereocenters. The van der Waals surface area contributed by atoms with Crippen molar-refractivity contribution in [2.24, 2.45) is 0 Å². The lowest BCUT2D eigenvalue weighted by atomic mass is 9.67. The van der Waals surface area contributed by atoms with E-state index in [0.717, 1.165) is 11.5 Å². The van der Waals surface area contributed by atoms with Crippen LogP contribution >= 0.6 is 0 Å². The van der Waals surface area contributed by atoms with Gasteiger partial charge in [0.2, 0.25) is 0 Å². The average molecular weight is 435 g/mol. The minimum atomic E-state index is -0.417. The molecular weight excluding hydrogens is 404 g/mol. The highest BCUT2D eigenvalue weighted by Gasteiger charge is 2.46. The van der Waals surface area contributed by atoms with E-state index in [2.05, 4.69) is 100 Å². The van der Waals surface area contributed by atoms with Crippen molar-refractivity contribution in [3.8, 4) is 22.6 Å². The predicted molar refractivity (Wildman–Crippen MR) is 136 cm³/mol. The Bertz CT molecular complexity index is 1240. The maximum atomic E-state index is 5.49. The first-order chi connectivity index (χ1) is 15.9. The third-order valence-electron chi connectivity index (χ3n) is 7.41. The highest BCUT2D eigenvalue weighted by molar-refractivity contribution is 5.87. The summed E-state index contributed by atoms with van der Waals surface area (Å²) in [5, 5.41) is 0. The van der Waals surface area contributed by atoms with Crippen molar-refractivity contribution >= 4 is 0 Å². The van der Waals surface area contributed by atoms with E-state index in [4.69, 9.17) is 9.47 Å². The molecule has 0 aliphatic heterocycles. The Kier molecular flexibility index (Phi) is 5.05. The summed E-state index contributed by atoms with van der Waals surface area (Å²) in [6.45, 7) is 8.83. The monoisotopic (exact) mass is 434 g/mol. The van der Waals surface area contributed by atoms with Crippen LogP contribution in [0.2, 0.25) is 0 Å². The number of benzene rings is 4. The van der Waals surface area contributed by atoms with Crippen LogP contribution in [0.3, 0.4) is 0 Å². The maximum absolute atomic E-state index is 5.49. The lowest BCUT2D eigenvalue weighted by molar-refractivity contribution is 0.414. The van der Waals surface area contributed by atoms with Gasteiger partial charge < -0.3 is 9.47 Å². The van der Waals surface area contributed by atoms with Crippen LogP contribution in [0.5, 0.6) is 11.5 Å². The highest BCUT2D eigenvalue weighted by Crippen LogP contribution is 2.57. The topological polar surface area (TPSA) is 18.5 Å². The first-order valence-corrected chi connectivity index (χ1v) is 11.4. The number of aryl methyl sites for hydroxylation is 4. The van der Waals surface area contributed by atoms with Crippen molar-refractivity contribution in [1.29, 1.82) is 0 Å². The number of hydrogen-bond donors (Lipinski definition) is 0. The van der Waals surface area contributed by atoms with Gasteiger partial charge >= 0.3 is 0 Å². The smallest absolute Gasteiger partial charge is 0.118 e. The quantitative estimate of drug-likeness (QED) is 0.295. The second-order valence-corrected chi connectivity index (χ2v) is 9.17. The Morgan fingerprint density at radius 3 is 1.15 bits per heavy atom. The number of rotatable bonds is 4. The van der Waals surface area contributed by atoms with Gasteiger partial charge in [-0.3, -0.25) is 0 Å². The Morgan fingerprint density at radius 1 is 0.485 bits per heavy atom. The molecule has 33 heavy (non-hydrogen) atoms. The van der Waals surface area contributed by atoms with E-state index in [1.54, 1.807) is 14.2 Å². The fourth-order valence-electron chi connectivity index (χ4n) is 5.31. The van der Waals surface area contributed by atoms with E-state index in [1.807, 2.05) is 0 Å². The molecule has 0 saturated heterocycles. The fourth-order valence-corrected chi connectivity index (χ4v) is 5.31. The Labute approximate surface area is 196 Å². The minimum Gasteiger partial charge on any atom is -0.497 e. The zero-order valence-corrected chi connectivity index (χ0v) is 20.2. The SMILES string of the molecule is COc1ccc(C2(c3ccc(OC)cc3)c3cc(C)c(C)cc3-c3cc(C)c(C)cc32)cc1. The molecule has 5 rings (SSSR count). The van der Waals surface area contributed by atoms with Crippen molar-refractivity contribution in [3.63, 3.8) is 0 Å². The summed E-state index contributed by atoms with van der Waals surface area (Å²) in [6, 6.07) is 26.7. The molecule has 0 spiro atoms. The van der Waals surface area contributed by atoms with Crippen LogP contribution in [0.4, 0.5) is 0 Å². The summed E-state index contributed by atoms with van der Waals surface area (Å²) in [5.74, 6) is 1.73. The molecule has 0 amide bonds. The second kappa shape index (κ2) is 7.81. The number of ether oxygens (including phenoxy) is 2. The van der Waals surface area contributed by atoms with E-state index in [-0.39, 0.29) is 0 Å². The molecule has 0 bridgehead atoms. The van der Waals surface area contributed by atoms with Gasteiger partial charge in [0.1, 0.15) is 11.5 Å². The molecule has 0 N–H and O–H groups in total. The number of hydrogen-bond acceptors (Lipinski definition) is 2. The van der Waals surface area contributed by atoms with Crippen molar-refractivity contribution in [2.45, 2.75) is 33.1 Å². The molecule has 2 heteroatoms. The van der Waals surface area contributed by atoms with Crippen LogP contribution in [0, 0.1) is 27.7 Å². The highest BCUT2D eigenvalue weighted by atomic mass is 16.5. The van der Waals surface area contributed by atoms with E-state index in [1.165, 1.54) is 55.6 Å². The lowest BCUT2D eigenvalue weighted by Gasteiger charge is -2.34. The summed E-state index contributed by atoms with van der Waals surface area (Å²) >= 11 is 0. The van der Waals surface area contributed by atoms with Gasteiger partial charge in [0.15, 0.2) is 0 Å². The molecule has 0 saturated carbocycles. The molecule has 0 atom stereocenters. The molecule has 166 valence electrons. The summed E-state index contributed by atoms with van der Waals surface area (Å²) in [5.41, 5.74) is 12.6. The molecule has 0 heterocycles. The largest absolute Gasteiger partial charge is 0.497 e. The first kappa shape index (κ1) is 21.3.